The Bertz CT molecular complexity index is 1090. The molecular weight excluding hydrogens is 399 g/mol. The average Bonchev–Trinajstić information content (AvgIpc) is 3.22. The lowest BCUT2D eigenvalue weighted by Gasteiger charge is -2.06. The SMILES string of the molecule is CC(C)Cc1ccc(-c2ccc(SCc3nc(-c4ccc(F)cc4)no3)nn2)cc1. The minimum Gasteiger partial charge on any atom is -0.338 e. The first kappa shape index (κ1) is 20.2. The average molecular weight is 421 g/mol. The summed E-state index contributed by atoms with van der Waals surface area (Å²) in [5.74, 6) is 1.73. The fraction of sp³-hybridized carbons (Fsp3) is 0.217. The molecule has 2 aromatic carbocycles. The molecule has 5 nitrogen and oxygen atoms in total. The Labute approximate surface area is 178 Å². The Morgan fingerprint density at radius 3 is 2.30 bits per heavy atom. The van der Waals surface area contributed by atoms with Gasteiger partial charge in [-0.1, -0.05) is 55.0 Å². The maximum Gasteiger partial charge on any atom is 0.237 e. The van der Waals surface area contributed by atoms with Crippen LogP contribution in [0.15, 0.2) is 70.2 Å². The number of hydrogen-bond acceptors (Lipinski definition) is 6. The topological polar surface area (TPSA) is 64.7 Å². The molecule has 0 spiro atoms. The van der Waals surface area contributed by atoms with Crippen LogP contribution >= 0.6 is 11.8 Å². The fourth-order valence-electron chi connectivity index (χ4n) is 3.00. The van der Waals surface area contributed by atoms with Crippen molar-refractivity contribution in [1.29, 1.82) is 0 Å². The van der Waals surface area contributed by atoms with Crippen LogP contribution in [-0.4, -0.2) is 20.3 Å². The van der Waals surface area contributed by atoms with Crippen LogP contribution in [0.4, 0.5) is 4.39 Å². The van der Waals surface area contributed by atoms with Gasteiger partial charge in [-0.3, -0.25) is 0 Å². The lowest BCUT2D eigenvalue weighted by molar-refractivity contribution is 0.391. The van der Waals surface area contributed by atoms with Crippen molar-refractivity contribution in [2.24, 2.45) is 5.92 Å². The Morgan fingerprint density at radius 2 is 1.63 bits per heavy atom. The van der Waals surface area contributed by atoms with E-state index in [0.717, 1.165) is 22.7 Å². The Balaban J connectivity index is 1.36. The van der Waals surface area contributed by atoms with Crippen molar-refractivity contribution in [1.82, 2.24) is 20.3 Å². The summed E-state index contributed by atoms with van der Waals surface area (Å²) in [5.41, 5.74) is 3.92. The van der Waals surface area contributed by atoms with Gasteiger partial charge in [0.15, 0.2) is 0 Å². The smallest absolute Gasteiger partial charge is 0.237 e. The molecule has 0 unspecified atom stereocenters. The zero-order valence-corrected chi connectivity index (χ0v) is 17.6. The fourth-order valence-corrected chi connectivity index (χ4v) is 3.65. The van der Waals surface area contributed by atoms with Crippen LogP contribution in [0, 0.1) is 11.7 Å². The van der Waals surface area contributed by atoms with E-state index in [1.165, 1.54) is 29.5 Å². The molecule has 0 saturated carbocycles. The van der Waals surface area contributed by atoms with Gasteiger partial charge in [0.25, 0.3) is 0 Å². The van der Waals surface area contributed by atoms with Gasteiger partial charge in [-0.05, 0) is 54.3 Å². The standard InChI is InChI=1S/C23H21FN4OS/c1-15(2)13-16-3-5-17(6-4-16)20-11-12-22(27-26-20)30-14-21-25-23(28-29-21)18-7-9-19(24)10-8-18/h3-12,15H,13-14H2,1-2H3. The summed E-state index contributed by atoms with van der Waals surface area (Å²) in [4.78, 5) is 4.35. The monoisotopic (exact) mass is 420 g/mol. The molecule has 4 aromatic rings. The summed E-state index contributed by atoms with van der Waals surface area (Å²) in [5, 5.41) is 13.4. The van der Waals surface area contributed by atoms with E-state index in [1.807, 2.05) is 12.1 Å². The molecule has 152 valence electrons. The van der Waals surface area contributed by atoms with Crippen LogP contribution in [0.3, 0.4) is 0 Å². The Hall–Kier alpha value is -3.06. The summed E-state index contributed by atoms with van der Waals surface area (Å²) in [6.45, 7) is 4.43. The van der Waals surface area contributed by atoms with Crippen LogP contribution in [0.5, 0.6) is 0 Å². The zero-order valence-electron chi connectivity index (χ0n) is 16.7. The van der Waals surface area contributed by atoms with E-state index in [-0.39, 0.29) is 5.82 Å². The largest absolute Gasteiger partial charge is 0.338 e. The van der Waals surface area contributed by atoms with Crippen molar-refractivity contribution in [3.8, 4) is 22.6 Å². The predicted molar refractivity (Wildman–Crippen MR) is 115 cm³/mol. The summed E-state index contributed by atoms with van der Waals surface area (Å²) in [7, 11) is 0. The summed E-state index contributed by atoms with van der Waals surface area (Å²) in [6, 6.07) is 18.4. The number of nitrogens with zero attached hydrogens (tertiary/aromatic N) is 4. The van der Waals surface area contributed by atoms with Gasteiger partial charge >= 0.3 is 0 Å². The number of benzene rings is 2. The first-order chi connectivity index (χ1) is 14.6. The van der Waals surface area contributed by atoms with Crippen LogP contribution < -0.4 is 0 Å². The molecular formula is C23H21FN4OS. The quantitative estimate of drug-likeness (QED) is 0.351. The van der Waals surface area contributed by atoms with Gasteiger partial charge in [0, 0.05) is 11.1 Å². The van der Waals surface area contributed by atoms with Gasteiger partial charge in [0.2, 0.25) is 11.7 Å². The highest BCUT2D eigenvalue weighted by Crippen LogP contribution is 2.24. The van der Waals surface area contributed by atoms with Crippen molar-refractivity contribution in [2.45, 2.75) is 31.0 Å². The molecule has 0 N–H and O–H groups in total. The van der Waals surface area contributed by atoms with Crippen molar-refractivity contribution < 1.29 is 8.91 Å². The highest BCUT2D eigenvalue weighted by Gasteiger charge is 2.10. The second-order valence-electron chi connectivity index (χ2n) is 7.36. The third kappa shape index (κ3) is 5.10. The van der Waals surface area contributed by atoms with E-state index in [4.69, 9.17) is 4.52 Å². The van der Waals surface area contributed by atoms with Gasteiger partial charge in [0.05, 0.1) is 11.4 Å². The van der Waals surface area contributed by atoms with E-state index in [2.05, 4.69) is 58.5 Å². The molecule has 0 atom stereocenters. The van der Waals surface area contributed by atoms with Gasteiger partial charge in [-0.2, -0.15) is 4.98 Å². The van der Waals surface area contributed by atoms with E-state index < -0.39 is 0 Å². The van der Waals surface area contributed by atoms with Gasteiger partial charge in [-0.15, -0.1) is 10.2 Å². The minimum atomic E-state index is -0.299. The molecule has 0 amide bonds. The molecule has 0 radical (unpaired) electrons. The molecule has 0 aliphatic carbocycles. The lowest BCUT2D eigenvalue weighted by Crippen LogP contribution is -1.94. The van der Waals surface area contributed by atoms with Crippen molar-refractivity contribution >= 4 is 11.8 Å². The summed E-state index contributed by atoms with van der Waals surface area (Å²) in [6.07, 6.45) is 1.07. The second-order valence-corrected chi connectivity index (χ2v) is 8.35. The van der Waals surface area contributed by atoms with Crippen LogP contribution in [0.1, 0.15) is 25.3 Å². The van der Waals surface area contributed by atoms with E-state index >= 15 is 0 Å². The predicted octanol–water partition coefficient (Wildman–Crippen LogP) is 5.82. The first-order valence-corrected chi connectivity index (χ1v) is 10.7. The van der Waals surface area contributed by atoms with E-state index in [1.54, 1.807) is 12.1 Å². The van der Waals surface area contributed by atoms with Crippen molar-refractivity contribution in [3.63, 3.8) is 0 Å². The molecule has 4 rings (SSSR count). The molecule has 2 heterocycles. The highest BCUT2D eigenvalue weighted by molar-refractivity contribution is 7.98. The maximum absolute atomic E-state index is 13.0. The van der Waals surface area contributed by atoms with Gasteiger partial charge < -0.3 is 4.52 Å². The number of rotatable bonds is 7. The van der Waals surface area contributed by atoms with Crippen LogP contribution in [0.25, 0.3) is 22.6 Å². The first-order valence-electron chi connectivity index (χ1n) is 9.71. The number of halogens is 1. The number of aromatic nitrogens is 4. The van der Waals surface area contributed by atoms with Crippen LogP contribution in [0.2, 0.25) is 0 Å². The molecule has 0 bridgehead atoms. The zero-order chi connectivity index (χ0) is 20.9. The second kappa shape index (κ2) is 9.17. The molecule has 0 aliphatic rings. The Kier molecular flexibility index (Phi) is 6.18. The third-order valence-electron chi connectivity index (χ3n) is 4.45. The van der Waals surface area contributed by atoms with Crippen molar-refractivity contribution in [2.75, 3.05) is 0 Å². The maximum atomic E-state index is 13.0. The minimum absolute atomic E-state index is 0.299. The van der Waals surface area contributed by atoms with Gasteiger partial charge in [0.1, 0.15) is 10.8 Å². The highest BCUT2D eigenvalue weighted by atomic mass is 32.2. The van der Waals surface area contributed by atoms with Crippen LogP contribution in [-0.2, 0) is 12.2 Å². The summed E-state index contributed by atoms with van der Waals surface area (Å²) < 4.78 is 18.3. The molecule has 0 saturated heterocycles. The number of hydrogen-bond donors (Lipinski definition) is 0. The molecule has 0 aliphatic heterocycles. The lowest BCUT2D eigenvalue weighted by atomic mass is 10.0. The van der Waals surface area contributed by atoms with Crippen molar-refractivity contribution in [3.05, 3.63) is 77.9 Å². The molecule has 2 aromatic heterocycles. The normalized spacial score (nSPS) is 11.2. The Morgan fingerprint density at radius 1 is 0.900 bits per heavy atom. The molecule has 0 fully saturated rings. The third-order valence-corrected chi connectivity index (χ3v) is 5.35. The van der Waals surface area contributed by atoms with E-state index in [9.17, 15) is 4.39 Å². The van der Waals surface area contributed by atoms with Gasteiger partial charge in [-0.25, -0.2) is 4.39 Å². The molecule has 7 heteroatoms. The van der Waals surface area contributed by atoms with E-state index in [0.29, 0.717) is 28.9 Å². The summed E-state index contributed by atoms with van der Waals surface area (Å²) >= 11 is 1.47. The molecule has 30 heavy (non-hydrogen) atoms. The number of thioether (sulfide) groups is 1.